The van der Waals surface area contributed by atoms with Gasteiger partial charge in [-0.05, 0) is 35.4 Å². The van der Waals surface area contributed by atoms with E-state index >= 15 is 0 Å². The lowest BCUT2D eigenvalue weighted by Gasteiger charge is -2.31. The van der Waals surface area contributed by atoms with Crippen LogP contribution in [0.15, 0.2) is 64.8 Å². The fraction of sp³-hybridized carbons (Fsp3) is 0.182. The smallest absolute Gasteiger partial charge is 0.433 e. The predicted octanol–water partition coefficient (Wildman–Crippen LogP) is 3.25. The summed E-state index contributed by atoms with van der Waals surface area (Å²) in [5.41, 5.74) is 0.941. The van der Waals surface area contributed by atoms with Crippen LogP contribution in [0.3, 0.4) is 0 Å². The maximum atomic E-state index is 12.6. The summed E-state index contributed by atoms with van der Waals surface area (Å²) in [7, 11) is 2.36. The molecule has 0 bridgehead atoms. The Balaban J connectivity index is 2.24. The van der Waals surface area contributed by atoms with Crippen molar-refractivity contribution in [3.05, 3.63) is 87.3 Å². The van der Waals surface area contributed by atoms with E-state index in [1.807, 2.05) is 0 Å². The minimum absolute atomic E-state index is 0.0186. The Morgan fingerprint density at radius 2 is 1.91 bits per heavy atom. The predicted molar refractivity (Wildman–Crippen MR) is 112 cm³/mol. The summed E-state index contributed by atoms with van der Waals surface area (Å²) in [6.45, 7) is 3.83. The third-order valence-electron chi connectivity index (χ3n) is 4.83. The largest absolute Gasteiger partial charge is 0.508 e. The van der Waals surface area contributed by atoms with Gasteiger partial charge in [0, 0.05) is 6.20 Å². The number of esters is 2. The lowest BCUT2D eigenvalue weighted by molar-refractivity contribution is -0.402. The van der Waals surface area contributed by atoms with E-state index in [9.17, 15) is 24.8 Å². The number of hydrogen-bond donors (Lipinski definition) is 1. The number of furan rings is 1. The van der Waals surface area contributed by atoms with Gasteiger partial charge in [0.05, 0.1) is 44.0 Å². The number of nitro groups is 1. The summed E-state index contributed by atoms with van der Waals surface area (Å²) in [5.74, 6) is -1.79. The van der Waals surface area contributed by atoms with Crippen LogP contribution in [0.1, 0.15) is 22.9 Å². The second-order valence-corrected chi connectivity index (χ2v) is 6.75. The van der Waals surface area contributed by atoms with Crippen LogP contribution in [-0.4, -0.2) is 41.1 Å². The Morgan fingerprint density at radius 3 is 2.50 bits per heavy atom. The number of hydrogen-bond acceptors (Lipinski definition) is 9. The molecule has 32 heavy (non-hydrogen) atoms. The molecule has 1 aromatic carbocycles. The quantitative estimate of drug-likeness (QED) is 0.311. The van der Waals surface area contributed by atoms with E-state index in [-0.39, 0.29) is 29.2 Å². The normalized spacial score (nSPS) is 15.4. The van der Waals surface area contributed by atoms with Gasteiger partial charge in [-0.3, -0.25) is 10.1 Å². The van der Waals surface area contributed by atoms with E-state index in [0.29, 0.717) is 11.1 Å². The molecule has 3 rings (SSSR count). The lowest BCUT2D eigenvalue weighted by Crippen LogP contribution is -2.27. The number of ether oxygens (including phenoxy) is 2. The molecule has 1 aliphatic heterocycles. The molecule has 2 aromatic rings. The van der Waals surface area contributed by atoms with Crippen LogP contribution in [0.4, 0.5) is 5.88 Å². The molecule has 0 spiro atoms. The standard InChI is InChI=1S/C22H20N2O8/c1-4-19-16-10-14(25)6-5-13(16)9-17(21(26)30-2)18(22(27)31-3)12-23(19)11-15-7-8-20(32-15)24(28)29/h4-10,12,19,25H,1,11H2,2-3H3. The van der Waals surface area contributed by atoms with Crippen molar-refractivity contribution >= 4 is 23.9 Å². The zero-order valence-electron chi connectivity index (χ0n) is 17.3. The monoisotopic (exact) mass is 440 g/mol. The molecule has 1 aliphatic rings. The highest BCUT2D eigenvalue weighted by molar-refractivity contribution is 6.10. The average Bonchev–Trinajstić information content (AvgIpc) is 3.24. The van der Waals surface area contributed by atoms with Crippen molar-refractivity contribution in [1.82, 2.24) is 4.90 Å². The maximum Gasteiger partial charge on any atom is 0.433 e. The zero-order chi connectivity index (χ0) is 23.4. The van der Waals surface area contributed by atoms with E-state index in [2.05, 4.69) is 6.58 Å². The van der Waals surface area contributed by atoms with Crippen molar-refractivity contribution in [3.8, 4) is 5.75 Å². The summed E-state index contributed by atoms with van der Waals surface area (Å²) in [4.78, 5) is 37.0. The second kappa shape index (κ2) is 9.21. The van der Waals surface area contributed by atoms with E-state index < -0.39 is 28.8 Å². The number of rotatable bonds is 6. The number of fused-ring (bicyclic) bond motifs is 1. The minimum atomic E-state index is -0.790. The average molecular weight is 440 g/mol. The van der Waals surface area contributed by atoms with Gasteiger partial charge in [0.2, 0.25) is 0 Å². The second-order valence-electron chi connectivity index (χ2n) is 6.75. The van der Waals surface area contributed by atoms with Crippen LogP contribution in [0, 0.1) is 10.1 Å². The SMILES string of the molecule is C=CC1c2cc(O)ccc2C=C(C(=O)OC)C(C(=O)OC)=CN1Cc1ccc([N+](=O)[O-])o1. The third kappa shape index (κ3) is 4.38. The van der Waals surface area contributed by atoms with E-state index in [0.717, 1.165) is 0 Å². The van der Waals surface area contributed by atoms with Crippen LogP contribution in [0.5, 0.6) is 5.75 Å². The highest BCUT2D eigenvalue weighted by Crippen LogP contribution is 2.35. The molecular weight excluding hydrogens is 420 g/mol. The third-order valence-corrected chi connectivity index (χ3v) is 4.83. The van der Waals surface area contributed by atoms with Gasteiger partial charge in [0.15, 0.2) is 0 Å². The summed E-state index contributed by atoms with van der Waals surface area (Å²) < 4.78 is 15.0. The summed E-state index contributed by atoms with van der Waals surface area (Å²) in [5, 5.41) is 21.0. The first-order chi connectivity index (χ1) is 15.3. The Bertz CT molecular complexity index is 1140. The molecule has 0 saturated carbocycles. The molecule has 166 valence electrons. The summed E-state index contributed by atoms with van der Waals surface area (Å²) >= 11 is 0. The van der Waals surface area contributed by atoms with Gasteiger partial charge in [0.1, 0.15) is 16.4 Å². The molecule has 10 nitrogen and oxygen atoms in total. The maximum absolute atomic E-state index is 12.6. The van der Waals surface area contributed by atoms with Crippen LogP contribution < -0.4 is 0 Å². The Morgan fingerprint density at radius 1 is 1.22 bits per heavy atom. The molecule has 0 saturated heterocycles. The minimum Gasteiger partial charge on any atom is -0.508 e. The first-order valence-corrected chi connectivity index (χ1v) is 9.33. The Hall–Kier alpha value is -4.34. The molecule has 0 aliphatic carbocycles. The van der Waals surface area contributed by atoms with Gasteiger partial charge >= 0.3 is 17.8 Å². The van der Waals surface area contributed by atoms with Crippen LogP contribution in [0.2, 0.25) is 0 Å². The number of benzene rings is 1. The fourth-order valence-electron chi connectivity index (χ4n) is 3.36. The molecular formula is C22H20N2O8. The topological polar surface area (TPSA) is 132 Å². The number of carbonyl (C=O) groups excluding carboxylic acids is 2. The van der Waals surface area contributed by atoms with Crippen molar-refractivity contribution in [2.45, 2.75) is 12.6 Å². The summed E-state index contributed by atoms with van der Waals surface area (Å²) in [6, 6.07) is 6.57. The van der Waals surface area contributed by atoms with E-state index in [1.165, 1.54) is 50.8 Å². The lowest BCUT2D eigenvalue weighted by atomic mass is 9.92. The van der Waals surface area contributed by atoms with Crippen LogP contribution in [0.25, 0.3) is 6.08 Å². The molecule has 10 heteroatoms. The number of aromatic hydroxyl groups is 1. The number of phenols is 1. The molecule has 0 radical (unpaired) electrons. The van der Waals surface area contributed by atoms with Gasteiger partial charge in [-0.25, -0.2) is 9.59 Å². The zero-order valence-corrected chi connectivity index (χ0v) is 17.3. The van der Waals surface area contributed by atoms with Crippen molar-refractivity contribution in [2.24, 2.45) is 0 Å². The Labute approximate surface area is 182 Å². The van der Waals surface area contributed by atoms with Crippen LogP contribution >= 0.6 is 0 Å². The first-order valence-electron chi connectivity index (χ1n) is 9.33. The summed E-state index contributed by atoms with van der Waals surface area (Å²) in [6.07, 6.45) is 4.41. The first kappa shape index (κ1) is 22.3. The number of carbonyl (C=O) groups is 2. The van der Waals surface area contributed by atoms with Crippen molar-refractivity contribution in [1.29, 1.82) is 0 Å². The van der Waals surface area contributed by atoms with Crippen molar-refractivity contribution in [2.75, 3.05) is 14.2 Å². The molecule has 0 fully saturated rings. The number of methoxy groups -OCH3 is 2. The highest BCUT2D eigenvalue weighted by atomic mass is 16.6. The fourth-order valence-corrected chi connectivity index (χ4v) is 3.36. The van der Waals surface area contributed by atoms with Gasteiger partial charge in [-0.15, -0.1) is 6.58 Å². The molecule has 1 unspecified atom stereocenters. The molecule has 0 amide bonds. The Kier molecular flexibility index (Phi) is 6.43. The molecule has 1 N–H and O–H groups in total. The van der Waals surface area contributed by atoms with Gasteiger partial charge < -0.3 is 23.9 Å². The molecule has 1 atom stereocenters. The van der Waals surface area contributed by atoms with E-state index in [4.69, 9.17) is 13.9 Å². The highest BCUT2D eigenvalue weighted by Gasteiger charge is 2.30. The van der Waals surface area contributed by atoms with Gasteiger partial charge in [-0.2, -0.15) is 0 Å². The van der Waals surface area contributed by atoms with Crippen molar-refractivity contribution < 1.29 is 33.5 Å². The molecule has 2 heterocycles. The van der Waals surface area contributed by atoms with Crippen LogP contribution in [-0.2, 0) is 25.6 Å². The molecule has 1 aromatic heterocycles. The van der Waals surface area contributed by atoms with E-state index in [1.54, 1.807) is 17.0 Å². The van der Waals surface area contributed by atoms with Gasteiger partial charge in [-0.1, -0.05) is 12.1 Å². The van der Waals surface area contributed by atoms with Crippen molar-refractivity contribution in [3.63, 3.8) is 0 Å². The van der Waals surface area contributed by atoms with Gasteiger partial charge in [0.25, 0.3) is 0 Å². The number of nitrogens with zero attached hydrogens (tertiary/aromatic N) is 2. The number of phenolic OH excluding ortho intramolecular Hbond substituents is 1.